The van der Waals surface area contributed by atoms with E-state index in [1.54, 1.807) is 24.4 Å². The fourth-order valence-electron chi connectivity index (χ4n) is 3.81. The van der Waals surface area contributed by atoms with Crippen molar-refractivity contribution in [2.75, 3.05) is 0 Å². The third kappa shape index (κ3) is 2.72. The number of para-hydroxylation sites is 2. The quantitative estimate of drug-likeness (QED) is 0.344. The van der Waals surface area contributed by atoms with Gasteiger partial charge in [-0.2, -0.15) is 5.26 Å². The molecule has 0 spiro atoms. The molecule has 0 bridgehead atoms. The molecule has 4 nitrogen and oxygen atoms in total. The van der Waals surface area contributed by atoms with Crippen molar-refractivity contribution in [2.24, 2.45) is 0 Å². The monoisotopic (exact) mass is 370 g/mol. The molecule has 0 saturated heterocycles. The number of benzene rings is 3. The van der Waals surface area contributed by atoms with Crippen molar-refractivity contribution in [3.8, 4) is 23.0 Å². The van der Waals surface area contributed by atoms with Crippen LogP contribution in [0, 0.1) is 17.9 Å². The molecule has 2 aromatic heterocycles. The number of aromatic nitrogens is 2. The first-order valence-corrected chi connectivity index (χ1v) is 9.16. The number of hydrogen-bond donors (Lipinski definition) is 0. The highest BCUT2D eigenvalue weighted by atomic mass is 15.0. The van der Waals surface area contributed by atoms with Gasteiger partial charge in [-0.15, -0.1) is 0 Å². The van der Waals surface area contributed by atoms with Crippen molar-refractivity contribution in [3.05, 3.63) is 102 Å². The zero-order chi connectivity index (χ0) is 19.8. The first-order chi connectivity index (χ1) is 14.3. The lowest BCUT2D eigenvalue weighted by Crippen LogP contribution is -1.95. The fourth-order valence-corrected chi connectivity index (χ4v) is 3.81. The lowest BCUT2D eigenvalue weighted by atomic mass is 10.1. The second-order valence-corrected chi connectivity index (χ2v) is 6.76. The summed E-state index contributed by atoms with van der Waals surface area (Å²) in [5.74, 6) is 0. The highest BCUT2D eigenvalue weighted by Crippen LogP contribution is 2.33. The topological polar surface area (TPSA) is 46.0 Å². The number of rotatable bonds is 2. The maximum absolute atomic E-state index is 9.29. The van der Waals surface area contributed by atoms with Crippen molar-refractivity contribution < 1.29 is 0 Å². The van der Waals surface area contributed by atoms with E-state index in [4.69, 9.17) is 6.57 Å². The van der Waals surface area contributed by atoms with Crippen molar-refractivity contribution in [2.45, 2.75) is 0 Å². The number of hydrogen-bond acceptors (Lipinski definition) is 2. The van der Waals surface area contributed by atoms with Gasteiger partial charge in [0, 0.05) is 28.2 Å². The molecule has 0 unspecified atom stereocenters. The summed E-state index contributed by atoms with van der Waals surface area (Å²) in [5, 5.41) is 11.7. The number of nitrogens with zero attached hydrogens (tertiary/aromatic N) is 4. The van der Waals surface area contributed by atoms with Crippen LogP contribution in [0.4, 0.5) is 5.69 Å². The minimum Gasteiger partial charge on any atom is -0.309 e. The Balaban J connectivity index is 1.77. The molecular formula is C25H14N4. The second kappa shape index (κ2) is 6.64. The molecule has 5 aromatic rings. The van der Waals surface area contributed by atoms with Gasteiger partial charge < -0.3 is 4.57 Å². The predicted molar refractivity (Wildman–Crippen MR) is 115 cm³/mol. The van der Waals surface area contributed by atoms with Crippen LogP contribution >= 0.6 is 0 Å². The van der Waals surface area contributed by atoms with Gasteiger partial charge in [-0.05, 0) is 48.0 Å². The third-order valence-corrected chi connectivity index (χ3v) is 5.05. The molecule has 0 amide bonds. The van der Waals surface area contributed by atoms with Crippen LogP contribution in [0.3, 0.4) is 0 Å². The Kier molecular flexibility index (Phi) is 3.83. The molecule has 0 aliphatic carbocycles. The van der Waals surface area contributed by atoms with E-state index in [9.17, 15) is 5.26 Å². The predicted octanol–water partition coefficient (Wildman–Crippen LogP) is 6.27. The highest BCUT2D eigenvalue weighted by molar-refractivity contribution is 6.09. The van der Waals surface area contributed by atoms with Crippen molar-refractivity contribution in [3.63, 3.8) is 0 Å². The van der Waals surface area contributed by atoms with Crippen molar-refractivity contribution in [1.82, 2.24) is 9.55 Å². The van der Waals surface area contributed by atoms with Crippen LogP contribution < -0.4 is 0 Å². The van der Waals surface area contributed by atoms with Gasteiger partial charge in [0.05, 0.1) is 29.4 Å². The molecule has 3 aromatic carbocycles. The molecule has 134 valence electrons. The molecule has 0 fully saturated rings. The van der Waals surface area contributed by atoms with Crippen LogP contribution in [0.2, 0.25) is 0 Å². The van der Waals surface area contributed by atoms with Gasteiger partial charge in [-0.25, -0.2) is 4.85 Å². The van der Waals surface area contributed by atoms with Gasteiger partial charge in [0.25, 0.3) is 0 Å². The number of pyridine rings is 1. The molecular weight excluding hydrogens is 356 g/mol. The van der Waals surface area contributed by atoms with Gasteiger partial charge in [0.2, 0.25) is 0 Å². The van der Waals surface area contributed by atoms with E-state index < -0.39 is 0 Å². The highest BCUT2D eigenvalue weighted by Gasteiger charge is 2.12. The minimum absolute atomic E-state index is 0.433. The summed E-state index contributed by atoms with van der Waals surface area (Å²) in [6, 6.07) is 27.9. The molecule has 0 saturated carbocycles. The fraction of sp³-hybridized carbons (Fsp3) is 0. The van der Waals surface area contributed by atoms with Crippen LogP contribution in [0.1, 0.15) is 5.56 Å². The first-order valence-electron chi connectivity index (χ1n) is 9.16. The van der Waals surface area contributed by atoms with Gasteiger partial charge in [-0.3, -0.25) is 4.98 Å². The Bertz CT molecular complexity index is 1390. The van der Waals surface area contributed by atoms with Crippen LogP contribution in [-0.4, -0.2) is 9.55 Å². The van der Waals surface area contributed by atoms with Gasteiger partial charge in [0.15, 0.2) is 5.69 Å². The lowest BCUT2D eigenvalue weighted by molar-refractivity contribution is 1.16. The molecule has 0 aliphatic heterocycles. The molecule has 0 atom stereocenters. The zero-order valence-corrected chi connectivity index (χ0v) is 15.4. The summed E-state index contributed by atoms with van der Waals surface area (Å²) in [5.41, 5.74) is 5.61. The van der Waals surface area contributed by atoms with E-state index in [2.05, 4.69) is 56.9 Å². The van der Waals surface area contributed by atoms with E-state index in [1.807, 2.05) is 24.3 Å². The van der Waals surface area contributed by atoms with E-state index in [0.29, 0.717) is 11.3 Å². The molecule has 4 heteroatoms. The van der Waals surface area contributed by atoms with Crippen molar-refractivity contribution >= 4 is 27.5 Å². The van der Waals surface area contributed by atoms with E-state index in [1.165, 1.54) is 10.8 Å². The Morgan fingerprint density at radius 1 is 0.862 bits per heavy atom. The Morgan fingerprint density at radius 2 is 1.55 bits per heavy atom. The van der Waals surface area contributed by atoms with Crippen molar-refractivity contribution in [1.29, 1.82) is 5.26 Å². The maximum Gasteiger partial charge on any atom is 0.189 e. The van der Waals surface area contributed by atoms with Gasteiger partial charge in [-0.1, -0.05) is 36.4 Å². The third-order valence-electron chi connectivity index (χ3n) is 5.05. The van der Waals surface area contributed by atoms with Gasteiger partial charge in [0.1, 0.15) is 0 Å². The normalized spacial score (nSPS) is 10.7. The average molecular weight is 370 g/mol. The van der Waals surface area contributed by atoms with Crippen LogP contribution in [0.5, 0.6) is 0 Å². The summed E-state index contributed by atoms with van der Waals surface area (Å²) >= 11 is 0. The van der Waals surface area contributed by atoms with E-state index >= 15 is 0 Å². The van der Waals surface area contributed by atoms with Crippen LogP contribution in [0.25, 0.3) is 43.6 Å². The Hall–Kier alpha value is -4.41. The largest absolute Gasteiger partial charge is 0.309 e. The zero-order valence-electron chi connectivity index (χ0n) is 15.4. The summed E-state index contributed by atoms with van der Waals surface area (Å²) in [7, 11) is 0. The number of nitriles is 1. The summed E-state index contributed by atoms with van der Waals surface area (Å²) in [4.78, 5) is 7.99. The van der Waals surface area contributed by atoms with Gasteiger partial charge >= 0.3 is 0 Å². The smallest absolute Gasteiger partial charge is 0.189 e. The summed E-state index contributed by atoms with van der Waals surface area (Å²) in [6.45, 7) is 7.30. The standard InChI is InChI=1S/C25H14N4/c1-27-19-13-17(16-26)12-18(14-19)23-15-20(10-11-28-23)29-24-8-4-2-6-21(24)22-7-3-5-9-25(22)29/h2-15H. The average Bonchev–Trinajstić information content (AvgIpc) is 3.13. The molecule has 5 rings (SSSR count). The van der Waals surface area contributed by atoms with Crippen LogP contribution in [0.15, 0.2) is 85.1 Å². The maximum atomic E-state index is 9.29. The molecule has 0 radical (unpaired) electrons. The molecule has 0 aliphatic rings. The first kappa shape index (κ1) is 16.7. The Morgan fingerprint density at radius 3 is 2.21 bits per heavy atom. The second-order valence-electron chi connectivity index (χ2n) is 6.76. The summed E-state index contributed by atoms with van der Waals surface area (Å²) < 4.78 is 2.22. The minimum atomic E-state index is 0.433. The number of fused-ring (bicyclic) bond motifs is 3. The summed E-state index contributed by atoms with van der Waals surface area (Å²) in [6.07, 6.45) is 1.77. The SMILES string of the molecule is [C-]#[N+]c1cc(C#N)cc(-c2cc(-n3c4ccccc4c4ccccc43)ccn2)c1. The lowest BCUT2D eigenvalue weighted by Gasteiger charge is -2.10. The molecule has 2 heterocycles. The van der Waals surface area contributed by atoms with E-state index in [0.717, 1.165) is 28.0 Å². The molecule has 0 N–H and O–H groups in total. The van der Waals surface area contributed by atoms with E-state index in [-0.39, 0.29) is 0 Å². The molecule has 29 heavy (non-hydrogen) atoms. The van der Waals surface area contributed by atoms with Crippen LogP contribution in [-0.2, 0) is 0 Å². The Labute approximate surface area is 167 Å².